The molecular weight excluding hydrogens is 452 g/mol. The van der Waals surface area contributed by atoms with Gasteiger partial charge in [-0.05, 0) is 58.9 Å². The number of aliphatic hydroxyl groups is 1. The molecule has 1 atom stereocenters. The average Bonchev–Trinajstić information content (AvgIpc) is 3.23. The SMILES string of the molecule is N#CCCc1ccc(C23CC(C(F)(F)[C@@](O)(Cn4cnnn4)c4ccc(F)cc4F)(C2)C3)cn1. The van der Waals surface area contributed by atoms with E-state index < -0.39 is 46.1 Å². The summed E-state index contributed by atoms with van der Waals surface area (Å²) in [4.78, 5) is 4.34. The second-order valence-corrected chi connectivity index (χ2v) is 9.35. The summed E-state index contributed by atoms with van der Waals surface area (Å²) in [7, 11) is 0. The molecule has 11 heteroatoms. The molecule has 3 fully saturated rings. The second kappa shape index (κ2) is 7.56. The van der Waals surface area contributed by atoms with Crippen molar-refractivity contribution in [3.05, 3.63) is 71.3 Å². The van der Waals surface area contributed by atoms with Gasteiger partial charge in [-0.1, -0.05) is 6.07 Å². The van der Waals surface area contributed by atoms with E-state index in [4.69, 9.17) is 5.26 Å². The predicted molar refractivity (Wildman–Crippen MR) is 109 cm³/mol. The quantitative estimate of drug-likeness (QED) is 0.504. The smallest absolute Gasteiger partial charge is 0.287 e. The molecule has 0 spiro atoms. The molecule has 0 radical (unpaired) electrons. The highest BCUT2D eigenvalue weighted by molar-refractivity contribution is 5.42. The van der Waals surface area contributed by atoms with Crippen LogP contribution in [0.4, 0.5) is 17.6 Å². The highest BCUT2D eigenvalue weighted by Gasteiger charge is 2.82. The van der Waals surface area contributed by atoms with Crippen molar-refractivity contribution in [2.45, 2.75) is 55.6 Å². The van der Waals surface area contributed by atoms with Crippen LogP contribution in [-0.4, -0.2) is 36.2 Å². The molecule has 6 rings (SSSR count). The standard InChI is InChI=1S/C23H20F4N6O/c24-16-4-6-18(19(25)8-16)22(34,13-33-14-30-31-32-33)23(26,27)21-10-20(11-21,12-21)15-3-5-17(29-9-15)2-1-7-28/h3-6,8-9,14,34H,1-2,10-13H2/t20?,21?,22-/m1/s1. The van der Waals surface area contributed by atoms with E-state index in [0.717, 1.165) is 34.4 Å². The maximum atomic E-state index is 16.1. The number of aryl methyl sites for hydroxylation is 1. The zero-order valence-corrected chi connectivity index (χ0v) is 17.9. The second-order valence-electron chi connectivity index (χ2n) is 9.35. The summed E-state index contributed by atoms with van der Waals surface area (Å²) in [5.41, 5.74) is -4.19. The van der Waals surface area contributed by atoms with Crippen LogP contribution in [0.15, 0.2) is 42.9 Å². The number of nitriles is 1. The van der Waals surface area contributed by atoms with Crippen LogP contribution in [0, 0.1) is 28.4 Å². The molecule has 0 unspecified atom stereocenters. The lowest BCUT2D eigenvalue weighted by Crippen LogP contribution is -2.76. The van der Waals surface area contributed by atoms with Crippen molar-refractivity contribution in [2.75, 3.05) is 0 Å². The van der Waals surface area contributed by atoms with E-state index in [-0.39, 0.29) is 19.3 Å². The molecule has 1 N–H and O–H groups in total. The number of tetrazole rings is 1. The minimum atomic E-state index is -3.77. The van der Waals surface area contributed by atoms with Crippen LogP contribution in [0.2, 0.25) is 0 Å². The lowest BCUT2D eigenvalue weighted by Gasteiger charge is -2.74. The number of benzene rings is 1. The van der Waals surface area contributed by atoms with Gasteiger partial charge in [0.05, 0.1) is 12.6 Å². The third-order valence-corrected chi connectivity index (χ3v) is 7.30. The fourth-order valence-electron chi connectivity index (χ4n) is 5.60. The summed E-state index contributed by atoms with van der Waals surface area (Å²) in [5.74, 6) is -5.98. The van der Waals surface area contributed by atoms with Crippen molar-refractivity contribution in [1.82, 2.24) is 25.2 Å². The zero-order valence-electron chi connectivity index (χ0n) is 17.9. The van der Waals surface area contributed by atoms with Gasteiger partial charge in [-0.15, -0.1) is 5.10 Å². The van der Waals surface area contributed by atoms with Crippen LogP contribution in [0.5, 0.6) is 0 Å². The third-order valence-electron chi connectivity index (χ3n) is 7.30. The van der Waals surface area contributed by atoms with Gasteiger partial charge in [0.2, 0.25) is 0 Å². The first kappa shape index (κ1) is 22.4. The number of pyridine rings is 1. The maximum absolute atomic E-state index is 16.1. The molecule has 0 saturated heterocycles. The Labute approximate surface area is 192 Å². The summed E-state index contributed by atoms with van der Waals surface area (Å²) in [6.07, 6.45) is 3.82. The molecule has 0 amide bonds. The molecule has 7 nitrogen and oxygen atoms in total. The summed E-state index contributed by atoms with van der Waals surface area (Å²) in [5, 5.41) is 30.4. The Balaban J connectivity index is 1.44. The highest BCUT2D eigenvalue weighted by atomic mass is 19.3. The van der Waals surface area contributed by atoms with Crippen molar-refractivity contribution in [3.8, 4) is 6.07 Å². The molecular formula is C23H20F4N6O. The van der Waals surface area contributed by atoms with Gasteiger partial charge in [0.1, 0.15) is 18.0 Å². The minimum absolute atomic E-state index is 0.0902. The Bertz CT molecular complexity index is 1240. The van der Waals surface area contributed by atoms with E-state index in [2.05, 4.69) is 26.6 Å². The number of hydrogen-bond donors (Lipinski definition) is 1. The summed E-state index contributed by atoms with van der Waals surface area (Å²) < 4.78 is 61.4. The number of rotatable bonds is 8. The van der Waals surface area contributed by atoms with Crippen molar-refractivity contribution >= 4 is 0 Å². The van der Waals surface area contributed by atoms with E-state index in [9.17, 15) is 13.9 Å². The van der Waals surface area contributed by atoms with Gasteiger partial charge >= 0.3 is 0 Å². The first-order chi connectivity index (χ1) is 16.1. The van der Waals surface area contributed by atoms with E-state index in [1.165, 1.54) is 0 Å². The molecule has 3 aromatic rings. The number of halogens is 4. The fraction of sp³-hybridized carbons (Fsp3) is 0.435. The van der Waals surface area contributed by atoms with Gasteiger partial charge in [-0.25, -0.2) is 22.2 Å². The van der Waals surface area contributed by atoms with Crippen molar-refractivity contribution in [1.29, 1.82) is 5.26 Å². The molecule has 3 saturated carbocycles. The molecule has 34 heavy (non-hydrogen) atoms. The maximum Gasteiger partial charge on any atom is 0.287 e. The Morgan fingerprint density at radius 1 is 1.15 bits per heavy atom. The largest absolute Gasteiger partial charge is 0.377 e. The van der Waals surface area contributed by atoms with Crippen molar-refractivity contribution in [2.24, 2.45) is 5.41 Å². The Morgan fingerprint density at radius 3 is 2.50 bits per heavy atom. The van der Waals surface area contributed by atoms with Gasteiger partial charge in [0, 0.05) is 41.8 Å². The van der Waals surface area contributed by atoms with Gasteiger partial charge in [-0.2, -0.15) is 5.26 Å². The van der Waals surface area contributed by atoms with Gasteiger partial charge < -0.3 is 5.11 Å². The van der Waals surface area contributed by atoms with Crippen molar-refractivity contribution in [3.63, 3.8) is 0 Å². The molecule has 2 bridgehead atoms. The average molecular weight is 472 g/mol. The summed E-state index contributed by atoms with van der Waals surface area (Å²) in [6, 6.07) is 7.84. The van der Waals surface area contributed by atoms with Crippen LogP contribution < -0.4 is 0 Å². The van der Waals surface area contributed by atoms with Gasteiger partial charge in [-0.3, -0.25) is 4.98 Å². The van der Waals surface area contributed by atoms with Crippen molar-refractivity contribution < 1.29 is 22.7 Å². The number of nitrogens with zero attached hydrogens (tertiary/aromatic N) is 6. The number of aromatic nitrogens is 5. The monoisotopic (exact) mass is 472 g/mol. The first-order valence-corrected chi connectivity index (χ1v) is 10.7. The third kappa shape index (κ3) is 3.12. The molecule has 2 heterocycles. The van der Waals surface area contributed by atoms with E-state index in [1.807, 2.05) is 6.07 Å². The highest BCUT2D eigenvalue weighted by Crippen LogP contribution is 2.80. The Morgan fingerprint density at radius 2 is 1.91 bits per heavy atom. The first-order valence-electron chi connectivity index (χ1n) is 10.7. The fourth-order valence-corrected chi connectivity index (χ4v) is 5.60. The van der Waals surface area contributed by atoms with Gasteiger partial charge in [0.15, 0.2) is 5.60 Å². The lowest BCUT2D eigenvalue weighted by atomic mass is 9.30. The van der Waals surface area contributed by atoms with E-state index >= 15 is 8.78 Å². The van der Waals surface area contributed by atoms with E-state index in [1.54, 1.807) is 12.3 Å². The number of hydrogen-bond acceptors (Lipinski definition) is 6. The minimum Gasteiger partial charge on any atom is -0.377 e. The van der Waals surface area contributed by atoms with Crippen LogP contribution >= 0.6 is 0 Å². The predicted octanol–water partition coefficient (Wildman–Crippen LogP) is 3.45. The van der Waals surface area contributed by atoms with Crippen LogP contribution in [0.25, 0.3) is 0 Å². The lowest BCUT2D eigenvalue weighted by molar-refractivity contribution is -0.347. The van der Waals surface area contributed by atoms with Crippen LogP contribution in [0.3, 0.4) is 0 Å². The van der Waals surface area contributed by atoms with Gasteiger partial charge in [0.25, 0.3) is 5.92 Å². The molecule has 176 valence electrons. The van der Waals surface area contributed by atoms with Crippen LogP contribution in [0.1, 0.15) is 42.5 Å². The molecule has 2 aromatic heterocycles. The molecule has 0 aliphatic heterocycles. The Kier molecular flexibility index (Phi) is 4.98. The summed E-state index contributed by atoms with van der Waals surface area (Å²) >= 11 is 0. The zero-order chi connectivity index (χ0) is 24.2. The summed E-state index contributed by atoms with van der Waals surface area (Å²) in [6.45, 7) is -0.806. The topological polar surface area (TPSA) is 101 Å². The van der Waals surface area contributed by atoms with Crippen LogP contribution in [-0.2, 0) is 24.0 Å². The number of alkyl halides is 2. The molecule has 1 aromatic carbocycles. The molecule has 3 aliphatic rings. The molecule has 3 aliphatic carbocycles. The Hall–Kier alpha value is -3.39. The normalized spacial score (nSPS) is 25.1. The van der Waals surface area contributed by atoms with E-state index in [0.29, 0.717) is 18.9 Å².